The van der Waals surface area contributed by atoms with Gasteiger partial charge in [-0.2, -0.15) is 0 Å². The topological polar surface area (TPSA) is 17.1 Å². The summed E-state index contributed by atoms with van der Waals surface area (Å²) in [6.07, 6.45) is 0.795. The van der Waals surface area contributed by atoms with Crippen molar-refractivity contribution in [2.24, 2.45) is 5.92 Å². The second-order valence-electron chi connectivity index (χ2n) is 3.79. The first-order valence-electron chi connectivity index (χ1n) is 4.80. The molecule has 0 aliphatic carbocycles. The van der Waals surface area contributed by atoms with Crippen LogP contribution < -0.4 is 0 Å². The van der Waals surface area contributed by atoms with E-state index in [1.165, 1.54) is 0 Å². The number of hydrogen-bond donors (Lipinski definition) is 0. The Morgan fingerprint density at radius 2 is 1.86 bits per heavy atom. The van der Waals surface area contributed by atoms with Gasteiger partial charge in [0.1, 0.15) is 6.29 Å². The molecule has 14 heavy (non-hydrogen) atoms. The van der Waals surface area contributed by atoms with Gasteiger partial charge in [-0.3, -0.25) is 9.18 Å². The van der Waals surface area contributed by atoms with Crippen LogP contribution in [-0.4, -0.2) is 13.0 Å². The molecule has 0 bridgehead atoms. The normalized spacial score (nSPS) is 12.9. The molecule has 0 N–H and O–H groups in total. The molecule has 0 radical (unpaired) electrons. The molecule has 1 aromatic rings. The standard InChI is InChI=1S/C12H15FO/c1-9(2)12(7-13)11-5-3-10(8-14)4-6-11/h3-6,8-9,12H,7H2,1-2H3. The first-order valence-corrected chi connectivity index (χ1v) is 4.80. The van der Waals surface area contributed by atoms with E-state index in [0.717, 1.165) is 11.8 Å². The van der Waals surface area contributed by atoms with E-state index in [2.05, 4.69) is 0 Å². The van der Waals surface area contributed by atoms with Crippen molar-refractivity contribution in [3.8, 4) is 0 Å². The molecule has 0 aliphatic heterocycles. The van der Waals surface area contributed by atoms with Gasteiger partial charge < -0.3 is 0 Å². The Morgan fingerprint density at radius 1 is 1.29 bits per heavy atom. The average Bonchev–Trinajstić information content (AvgIpc) is 2.19. The predicted molar refractivity (Wildman–Crippen MR) is 55.4 cm³/mol. The van der Waals surface area contributed by atoms with E-state index >= 15 is 0 Å². The summed E-state index contributed by atoms with van der Waals surface area (Å²) in [4.78, 5) is 10.4. The Hall–Kier alpha value is -1.18. The van der Waals surface area contributed by atoms with Gasteiger partial charge in [0.2, 0.25) is 0 Å². The fourth-order valence-corrected chi connectivity index (χ4v) is 1.47. The fraction of sp³-hybridized carbons (Fsp3) is 0.417. The third-order valence-corrected chi connectivity index (χ3v) is 2.47. The number of benzene rings is 1. The minimum atomic E-state index is -0.349. The second-order valence-corrected chi connectivity index (χ2v) is 3.79. The molecule has 0 saturated heterocycles. The van der Waals surface area contributed by atoms with Crippen molar-refractivity contribution in [3.05, 3.63) is 35.4 Å². The summed E-state index contributed by atoms with van der Waals surface area (Å²) in [5.41, 5.74) is 1.60. The van der Waals surface area contributed by atoms with Crippen LogP contribution in [0.5, 0.6) is 0 Å². The maximum Gasteiger partial charge on any atom is 0.150 e. The van der Waals surface area contributed by atoms with Crippen LogP contribution in [0.15, 0.2) is 24.3 Å². The molecule has 2 heteroatoms. The van der Waals surface area contributed by atoms with Crippen molar-refractivity contribution in [2.45, 2.75) is 19.8 Å². The summed E-state index contributed by atoms with van der Waals surface area (Å²) in [5.74, 6) is 0.220. The van der Waals surface area contributed by atoms with Crippen LogP contribution in [0.25, 0.3) is 0 Å². The minimum absolute atomic E-state index is 0.0595. The number of halogens is 1. The molecule has 0 heterocycles. The second kappa shape index (κ2) is 4.89. The van der Waals surface area contributed by atoms with Crippen LogP contribution in [0.4, 0.5) is 4.39 Å². The summed E-state index contributed by atoms with van der Waals surface area (Å²) in [7, 11) is 0. The molecule has 0 aliphatic rings. The molecule has 1 rings (SSSR count). The van der Waals surface area contributed by atoms with Gasteiger partial charge in [-0.05, 0) is 11.5 Å². The number of carbonyl (C=O) groups excluding carboxylic acids is 1. The van der Waals surface area contributed by atoms with Crippen molar-refractivity contribution in [2.75, 3.05) is 6.67 Å². The van der Waals surface area contributed by atoms with Gasteiger partial charge >= 0.3 is 0 Å². The maximum atomic E-state index is 12.7. The Bertz CT molecular complexity index is 290. The largest absolute Gasteiger partial charge is 0.298 e. The Balaban J connectivity index is 2.89. The highest BCUT2D eigenvalue weighted by Gasteiger charge is 2.14. The number of hydrogen-bond acceptors (Lipinski definition) is 1. The molecule has 0 spiro atoms. The maximum absolute atomic E-state index is 12.7. The Morgan fingerprint density at radius 3 is 2.21 bits per heavy atom. The van der Waals surface area contributed by atoms with Crippen molar-refractivity contribution < 1.29 is 9.18 Å². The lowest BCUT2D eigenvalue weighted by molar-refractivity contribution is 0.112. The lowest BCUT2D eigenvalue weighted by Gasteiger charge is -2.17. The minimum Gasteiger partial charge on any atom is -0.298 e. The van der Waals surface area contributed by atoms with E-state index in [4.69, 9.17) is 0 Å². The Labute approximate surface area is 83.9 Å². The summed E-state index contributed by atoms with van der Waals surface area (Å²) < 4.78 is 12.7. The summed E-state index contributed by atoms with van der Waals surface area (Å²) in [6.45, 7) is 3.65. The van der Waals surface area contributed by atoms with Gasteiger partial charge in [0.15, 0.2) is 0 Å². The van der Waals surface area contributed by atoms with E-state index in [-0.39, 0.29) is 18.5 Å². The average molecular weight is 194 g/mol. The summed E-state index contributed by atoms with van der Waals surface area (Å²) in [6, 6.07) is 7.11. The van der Waals surface area contributed by atoms with Crippen LogP contribution in [-0.2, 0) is 0 Å². The smallest absolute Gasteiger partial charge is 0.150 e. The van der Waals surface area contributed by atoms with Gasteiger partial charge in [0.25, 0.3) is 0 Å². The van der Waals surface area contributed by atoms with Crippen molar-refractivity contribution in [3.63, 3.8) is 0 Å². The molecule has 1 aromatic carbocycles. The van der Waals surface area contributed by atoms with Gasteiger partial charge in [-0.1, -0.05) is 38.1 Å². The first-order chi connectivity index (χ1) is 6.69. The third kappa shape index (κ3) is 2.41. The molecule has 0 saturated carbocycles. The highest BCUT2D eigenvalue weighted by molar-refractivity contribution is 5.74. The number of carbonyl (C=O) groups is 1. The van der Waals surface area contributed by atoms with Gasteiger partial charge in [0.05, 0.1) is 6.67 Å². The zero-order valence-electron chi connectivity index (χ0n) is 8.53. The summed E-state index contributed by atoms with van der Waals surface area (Å²) in [5, 5.41) is 0. The van der Waals surface area contributed by atoms with E-state index in [1.54, 1.807) is 12.1 Å². The molecule has 0 aromatic heterocycles. The third-order valence-electron chi connectivity index (χ3n) is 2.47. The number of rotatable bonds is 4. The van der Waals surface area contributed by atoms with E-state index in [9.17, 15) is 9.18 Å². The molecule has 0 amide bonds. The van der Waals surface area contributed by atoms with Crippen LogP contribution in [0.2, 0.25) is 0 Å². The highest BCUT2D eigenvalue weighted by Crippen LogP contribution is 2.24. The van der Waals surface area contributed by atoms with Crippen LogP contribution in [0, 0.1) is 5.92 Å². The van der Waals surface area contributed by atoms with Crippen molar-refractivity contribution in [1.29, 1.82) is 0 Å². The molecular weight excluding hydrogens is 179 g/mol. The zero-order chi connectivity index (χ0) is 10.6. The molecule has 1 atom stereocenters. The van der Waals surface area contributed by atoms with Crippen molar-refractivity contribution in [1.82, 2.24) is 0 Å². The van der Waals surface area contributed by atoms with E-state index in [0.29, 0.717) is 5.56 Å². The summed E-state index contributed by atoms with van der Waals surface area (Å²) >= 11 is 0. The monoisotopic (exact) mass is 194 g/mol. The predicted octanol–water partition coefficient (Wildman–Crippen LogP) is 3.21. The van der Waals surface area contributed by atoms with Gasteiger partial charge in [-0.15, -0.1) is 0 Å². The van der Waals surface area contributed by atoms with E-state index in [1.807, 2.05) is 26.0 Å². The molecule has 1 nitrogen and oxygen atoms in total. The van der Waals surface area contributed by atoms with Crippen LogP contribution in [0.1, 0.15) is 35.7 Å². The fourth-order valence-electron chi connectivity index (χ4n) is 1.47. The zero-order valence-corrected chi connectivity index (χ0v) is 8.53. The first kappa shape index (κ1) is 10.9. The van der Waals surface area contributed by atoms with Gasteiger partial charge in [-0.25, -0.2) is 0 Å². The number of aldehydes is 1. The SMILES string of the molecule is CC(C)C(CF)c1ccc(C=O)cc1. The number of alkyl halides is 1. The lowest BCUT2D eigenvalue weighted by Crippen LogP contribution is -2.08. The quantitative estimate of drug-likeness (QED) is 0.673. The van der Waals surface area contributed by atoms with Crippen molar-refractivity contribution >= 4 is 6.29 Å². The Kier molecular flexibility index (Phi) is 3.81. The molecule has 76 valence electrons. The van der Waals surface area contributed by atoms with Gasteiger partial charge in [0, 0.05) is 11.5 Å². The molecular formula is C12H15FO. The molecule has 0 fully saturated rings. The van der Waals surface area contributed by atoms with E-state index < -0.39 is 0 Å². The highest BCUT2D eigenvalue weighted by atomic mass is 19.1. The molecule has 1 unspecified atom stereocenters. The van der Waals surface area contributed by atoms with Crippen LogP contribution >= 0.6 is 0 Å². The lowest BCUT2D eigenvalue weighted by atomic mass is 9.89. The van der Waals surface area contributed by atoms with Crippen LogP contribution in [0.3, 0.4) is 0 Å².